The second kappa shape index (κ2) is 7.54. The third kappa shape index (κ3) is 3.51. The van der Waals surface area contributed by atoms with Crippen LogP contribution >= 0.6 is 0 Å². The van der Waals surface area contributed by atoms with Gasteiger partial charge in [0, 0.05) is 23.4 Å². The van der Waals surface area contributed by atoms with Crippen molar-refractivity contribution in [2.24, 2.45) is 0 Å². The fraction of sp³-hybridized carbons (Fsp3) is 0.105. The Morgan fingerprint density at radius 1 is 1.17 bits per heavy atom. The lowest BCUT2D eigenvalue weighted by Crippen LogP contribution is -2.15. The number of amides is 1. The summed E-state index contributed by atoms with van der Waals surface area (Å²) in [7, 11) is 0. The molecule has 0 aliphatic rings. The molecule has 0 bridgehead atoms. The van der Waals surface area contributed by atoms with Crippen molar-refractivity contribution in [3.05, 3.63) is 75.9 Å². The number of hydrogen-bond donors (Lipinski definition) is 1. The molecule has 0 spiro atoms. The molecule has 150 valence electrons. The zero-order valence-corrected chi connectivity index (χ0v) is 15.9. The van der Waals surface area contributed by atoms with Gasteiger partial charge in [-0.3, -0.25) is 14.9 Å². The van der Waals surface area contributed by atoms with E-state index in [4.69, 9.17) is 4.42 Å². The van der Waals surface area contributed by atoms with Crippen molar-refractivity contribution < 1.29 is 14.1 Å². The van der Waals surface area contributed by atoms with Gasteiger partial charge in [0.15, 0.2) is 5.69 Å². The first-order valence-corrected chi connectivity index (χ1v) is 8.79. The summed E-state index contributed by atoms with van der Waals surface area (Å²) >= 11 is 0. The zero-order chi connectivity index (χ0) is 21.3. The van der Waals surface area contributed by atoms with E-state index >= 15 is 0 Å². The number of nitro benzene ring substituents is 1. The number of non-ortho nitro benzene ring substituents is 1. The lowest BCUT2D eigenvalue weighted by atomic mass is 10.1. The Morgan fingerprint density at radius 3 is 2.73 bits per heavy atom. The normalized spacial score (nSPS) is 10.7. The SMILES string of the molecule is Cc1ccc(-c2nnco2)cc1NC(=O)c1nnn(-c2cccc([N+](=O)[O-])c2)c1C. The van der Waals surface area contributed by atoms with Crippen molar-refractivity contribution in [3.8, 4) is 17.1 Å². The largest absolute Gasteiger partial charge is 0.423 e. The van der Waals surface area contributed by atoms with Gasteiger partial charge < -0.3 is 9.73 Å². The van der Waals surface area contributed by atoms with Crippen molar-refractivity contribution in [1.82, 2.24) is 25.2 Å². The second-order valence-corrected chi connectivity index (χ2v) is 6.44. The highest BCUT2D eigenvalue weighted by molar-refractivity contribution is 6.04. The number of carbonyl (C=O) groups is 1. The number of anilines is 1. The lowest BCUT2D eigenvalue weighted by molar-refractivity contribution is -0.384. The van der Waals surface area contributed by atoms with E-state index in [2.05, 4.69) is 25.8 Å². The minimum Gasteiger partial charge on any atom is -0.423 e. The number of benzene rings is 2. The summed E-state index contributed by atoms with van der Waals surface area (Å²) in [5, 5.41) is 29.3. The summed E-state index contributed by atoms with van der Waals surface area (Å²) < 4.78 is 6.57. The number of rotatable bonds is 5. The Morgan fingerprint density at radius 2 is 2.00 bits per heavy atom. The first-order chi connectivity index (χ1) is 14.4. The summed E-state index contributed by atoms with van der Waals surface area (Å²) in [5.74, 6) is -0.131. The molecular formula is C19H15N7O4. The Bertz CT molecular complexity index is 1250. The zero-order valence-electron chi connectivity index (χ0n) is 15.9. The van der Waals surface area contributed by atoms with E-state index in [0.717, 1.165) is 5.56 Å². The second-order valence-electron chi connectivity index (χ2n) is 6.44. The predicted octanol–water partition coefficient (Wildman–Crippen LogP) is 3.09. The Hall–Kier alpha value is -4.41. The van der Waals surface area contributed by atoms with E-state index < -0.39 is 10.8 Å². The maximum Gasteiger partial charge on any atom is 0.278 e. The highest BCUT2D eigenvalue weighted by atomic mass is 16.6. The van der Waals surface area contributed by atoms with Crippen molar-refractivity contribution in [3.63, 3.8) is 0 Å². The summed E-state index contributed by atoms with van der Waals surface area (Å²) in [6.07, 6.45) is 1.23. The van der Waals surface area contributed by atoms with E-state index in [1.165, 1.54) is 23.2 Å². The summed E-state index contributed by atoms with van der Waals surface area (Å²) in [6.45, 7) is 3.51. The molecule has 4 rings (SSSR count). The monoisotopic (exact) mass is 405 g/mol. The van der Waals surface area contributed by atoms with Crippen LogP contribution in [0.5, 0.6) is 0 Å². The minimum absolute atomic E-state index is 0.0816. The average Bonchev–Trinajstić information content (AvgIpc) is 3.40. The maximum atomic E-state index is 12.8. The molecule has 2 aromatic heterocycles. The summed E-state index contributed by atoms with van der Waals surface area (Å²) in [5.41, 5.74) is 2.94. The minimum atomic E-state index is -0.497. The quantitative estimate of drug-likeness (QED) is 0.394. The highest BCUT2D eigenvalue weighted by Crippen LogP contribution is 2.25. The van der Waals surface area contributed by atoms with Gasteiger partial charge in [-0.2, -0.15) is 0 Å². The molecular weight excluding hydrogens is 390 g/mol. The molecule has 30 heavy (non-hydrogen) atoms. The lowest BCUT2D eigenvalue weighted by Gasteiger charge is -2.09. The first kappa shape index (κ1) is 18.9. The molecule has 0 atom stereocenters. The topological polar surface area (TPSA) is 142 Å². The molecule has 1 amide bonds. The van der Waals surface area contributed by atoms with Crippen LogP contribution in [0.3, 0.4) is 0 Å². The summed E-state index contributed by atoms with van der Waals surface area (Å²) in [6, 6.07) is 11.3. The molecule has 0 aliphatic heterocycles. The van der Waals surface area contributed by atoms with Crippen LogP contribution in [0.4, 0.5) is 11.4 Å². The molecule has 11 heteroatoms. The molecule has 0 unspecified atom stereocenters. The van der Waals surface area contributed by atoms with Crippen LogP contribution in [0.2, 0.25) is 0 Å². The molecule has 1 N–H and O–H groups in total. The van der Waals surface area contributed by atoms with Crippen LogP contribution in [0.1, 0.15) is 21.7 Å². The van der Waals surface area contributed by atoms with Crippen LogP contribution in [-0.2, 0) is 0 Å². The smallest absolute Gasteiger partial charge is 0.278 e. The fourth-order valence-corrected chi connectivity index (χ4v) is 2.89. The summed E-state index contributed by atoms with van der Waals surface area (Å²) in [4.78, 5) is 23.3. The van der Waals surface area contributed by atoms with Gasteiger partial charge in [0.25, 0.3) is 11.6 Å². The van der Waals surface area contributed by atoms with Gasteiger partial charge in [-0.1, -0.05) is 17.3 Å². The van der Waals surface area contributed by atoms with Gasteiger partial charge in [-0.05, 0) is 37.6 Å². The van der Waals surface area contributed by atoms with Gasteiger partial charge in [-0.15, -0.1) is 15.3 Å². The molecule has 0 saturated heterocycles. The van der Waals surface area contributed by atoms with E-state index in [-0.39, 0.29) is 11.4 Å². The molecule has 0 aliphatic carbocycles. The Labute approximate surface area is 169 Å². The predicted molar refractivity (Wildman–Crippen MR) is 105 cm³/mol. The van der Waals surface area contributed by atoms with Crippen LogP contribution < -0.4 is 5.32 Å². The van der Waals surface area contributed by atoms with Crippen LogP contribution in [0.25, 0.3) is 17.1 Å². The third-order valence-corrected chi connectivity index (χ3v) is 4.49. The number of nitrogens with zero attached hydrogens (tertiary/aromatic N) is 6. The number of aryl methyl sites for hydroxylation is 1. The van der Waals surface area contributed by atoms with Gasteiger partial charge in [0.05, 0.1) is 16.3 Å². The van der Waals surface area contributed by atoms with Crippen LogP contribution in [0.15, 0.2) is 53.3 Å². The third-order valence-electron chi connectivity index (χ3n) is 4.49. The average molecular weight is 405 g/mol. The number of aromatic nitrogens is 5. The molecule has 0 fully saturated rings. The van der Waals surface area contributed by atoms with Gasteiger partial charge in [0.1, 0.15) is 0 Å². The molecule has 11 nitrogen and oxygen atoms in total. The van der Waals surface area contributed by atoms with E-state index in [0.29, 0.717) is 28.5 Å². The van der Waals surface area contributed by atoms with Crippen molar-refractivity contribution in [2.75, 3.05) is 5.32 Å². The van der Waals surface area contributed by atoms with E-state index in [9.17, 15) is 14.9 Å². The Balaban J connectivity index is 1.62. The molecule has 4 aromatic rings. The maximum absolute atomic E-state index is 12.8. The van der Waals surface area contributed by atoms with Gasteiger partial charge in [-0.25, -0.2) is 4.68 Å². The number of nitro groups is 1. The molecule has 0 radical (unpaired) electrons. The molecule has 2 aromatic carbocycles. The molecule has 0 saturated carbocycles. The fourth-order valence-electron chi connectivity index (χ4n) is 2.89. The number of nitrogens with one attached hydrogen (secondary N) is 1. The van der Waals surface area contributed by atoms with Gasteiger partial charge >= 0.3 is 0 Å². The van der Waals surface area contributed by atoms with E-state index in [1.807, 2.05) is 19.1 Å². The number of hydrogen-bond acceptors (Lipinski definition) is 8. The van der Waals surface area contributed by atoms with Crippen LogP contribution in [-0.4, -0.2) is 36.0 Å². The van der Waals surface area contributed by atoms with Crippen molar-refractivity contribution in [2.45, 2.75) is 13.8 Å². The molecule has 2 heterocycles. The van der Waals surface area contributed by atoms with Crippen molar-refractivity contribution >= 4 is 17.3 Å². The van der Waals surface area contributed by atoms with E-state index in [1.54, 1.807) is 25.1 Å². The van der Waals surface area contributed by atoms with Crippen LogP contribution in [0, 0.1) is 24.0 Å². The van der Waals surface area contributed by atoms with Crippen molar-refractivity contribution in [1.29, 1.82) is 0 Å². The highest BCUT2D eigenvalue weighted by Gasteiger charge is 2.19. The first-order valence-electron chi connectivity index (χ1n) is 8.79. The van der Waals surface area contributed by atoms with Gasteiger partial charge in [0.2, 0.25) is 12.3 Å². The Kier molecular flexibility index (Phi) is 4.76. The standard InChI is InChI=1S/C19H15N7O4/c1-11-6-7-13(19-23-20-10-30-19)8-16(11)21-18(27)17-12(2)25(24-22-17)14-4-3-5-15(9-14)26(28)29/h3-10H,1-2H3,(H,21,27). The number of carbonyl (C=O) groups excluding carboxylic acids is 1.